The highest BCUT2D eigenvalue weighted by Crippen LogP contribution is 2.45. The van der Waals surface area contributed by atoms with Gasteiger partial charge in [-0.25, -0.2) is 9.59 Å². The third kappa shape index (κ3) is 10.8. The molecule has 2 aromatic carbocycles. The van der Waals surface area contributed by atoms with Crippen molar-refractivity contribution in [3.05, 3.63) is 55.6 Å². The number of fused-ring (bicyclic) bond motifs is 1. The third-order valence-corrected chi connectivity index (χ3v) is 8.28. The molecule has 1 aliphatic heterocycles. The lowest BCUT2D eigenvalue weighted by molar-refractivity contribution is -0.384. The van der Waals surface area contributed by atoms with Crippen LogP contribution in [0.25, 0.3) is 10.9 Å². The minimum absolute atomic E-state index is 0.0594. The minimum Gasteiger partial charge on any atom is -0.489 e. The van der Waals surface area contributed by atoms with E-state index in [2.05, 4.69) is 31.9 Å². The highest BCUT2D eigenvalue weighted by molar-refractivity contribution is 9.11. The molecule has 49 heavy (non-hydrogen) atoms. The zero-order chi connectivity index (χ0) is 35.5. The number of aromatic nitrogens is 1. The smallest absolute Gasteiger partial charge is 0.489 e. The molecule has 0 aliphatic carbocycles. The van der Waals surface area contributed by atoms with Crippen LogP contribution in [0.15, 0.2) is 45.5 Å². The fraction of sp³-hybridized carbons (Fsp3) is 0.452. The van der Waals surface area contributed by atoms with Crippen LogP contribution in [0, 0.1) is 10.1 Å². The molecule has 3 atom stereocenters. The van der Waals surface area contributed by atoms with E-state index in [1.165, 1.54) is 38.3 Å². The number of hydrogen-bond acceptors (Lipinski definition) is 14. The fourth-order valence-electron chi connectivity index (χ4n) is 4.78. The number of nitrogens with zero attached hydrogens (tertiary/aromatic N) is 2. The normalized spacial score (nSPS) is 17.3. The lowest BCUT2D eigenvalue weighted by Crippen LogP contribution is -2.44. The summed E-state index contributed by atoms with van der Waals surface area (Å²) < 4.78 is 52.3. The van der Waals surface area contributed by atoms with Crippen LogP contribution in [0.2, 0.25) is 0 Å². The van der Waals surface area contributed by atoms with Crippen LogP contribution in [-0.4, -0.2) is 92.8 Å². The van der Waals surface area contributed by atoms with Crippen LogP contribution < -0.4 is 14.2 Å². The third-order valence-electron chi connectivity index (χ3n) is 6.94. The summed E-state index contributed by atoms with van der Waals surface area (Å²) in [6.45, 7) is 2.30. The lowest BCUT2D eigenvalue weighted by atomic mass is 10.0. The highest BCUT2D eigenvalue weighted by Gasteiger charge is 2.37. The number of halogens is 2. The number of aryl methyl sites for hydroxylation is 1. The molecule has 4 rings (SSSR count). The van der Waals surface area contributed by atoms with E-state index in [9.17, 15) is 24.5 Å². The summed E-state index contributed by atoms with van der Waals surface area (Å²) >= 11 is 7.21. The number of benzene rings is 2. The van der Waals surface area contributed by atoms with Crippen LogP contribution in [-0.2, 0) is 45.1 Å². The Balaban J connectivity index is 1.21. The quantitative estimate of drug-likeness (QED) is 0.0458. The predicted molar refractivity (Wildman–Crippen MR) is 177 cm³/mol. The van der Waals surface area contributed by atoms with Crippen molar-refractivity contribution in [3.8, 4) is 17.2 Å². The second kappa shape index (κ2) is 18.1. The van der Waals surface area contributed by atoms with Crippen molar-refractivity contribution in [2.75, 3.05) is 46.8 Å². The Morgan fingerprint density at radius 1 is 1.02 bits per heavy atom. The van der Waals surface area contributed by atoms with Crippen molar-refractivity contribution in [2.24, 2.45) is 7.05 Å². The number of non-ortho nitro benzene ring substituents is 1. The van der Waals surface area contributed by atoms with Crippen molar-refractivity contribution in [1.82, 2.24) is 4.57 Å². The van der Waals surface area contributed by atoms with E-state index in [-0.39, 0.29) is 63.9 Å². The molecule has 3 aromatic rings. The van der Waals surface area contributed by atoms with Crippen molar-refractivity contribution in [1.29, 1.82) is 0 Å². The summed E-state index contributed by atoms with van der Waals surface area (Å²) in [7, 11) is 3.11. The molecule has 1 aromatic heterocycles. The molecule has 0 radical (unpaired) electrons. The summed E-state index contributed by atoms with van der Waals surface area (Å²) in [5, 5.41) is 11.4. The van der Waals surface area contributed by atoms with Crippen molar-refractivity contribution < 1.29 is 61.9 Å². The van der Waals surface area contributed by atoms with E-state index in [1.54, 1.807) is 6.20 Å². The number of ether oxygens (including phenoxy) is 9. The van der Waals surface area contributed by atoms with Crippen LogP contribution in [0.5, 0.6) is 17.2 Å². The first-order chi connectivity index (χ1) is 23.5. The van der Waals surface area contributed by atoms with Gasteiger partial charge in [0, 0.05) is 45.1 Å². The molecule has 2 unspecified atom stereocenters. The van der Waals surface area contributed by atoms with Gasteiger partial charge in [0.15, 0.2) is 6.10 Å². The first-order valence-electron chi connectivity index (χ1n) is 14.9. The topological polar surface area (TPSA) is 182 Å². The fourth-order valence-corrected chi connectivity index (χ4v) is 6.30. The SMILES string of the molecule is COC(=O)[C@@H]1CC(OC(C)=O)CC(Oc2cn(C)c3cc(Br)c(OCCOCCOCCOC(=O)Oc4ccc([N+](=O)[O-])cc4)c(Br)c23)O1. The number of carbonyl (C=O) groups excluding carboxylic acids is 3. The van der Waals surface area contributed by atoms with Crippen LogP contribution in [0.1, 0.15) is 19.8 Å². The van der Waals surface area contributed by atoms with E-state index in [0.717, 1.165) is 5.52 Å². The second-order valence-electron chi connectivity index (χ2n) is 10.4. The molecule has 266 valence electrons. The Bertz CT molecular complexity index is 1630. The van der Waals surface area contributed by atoms with E-state index in [0.29, 0.717) is 25.8 Å². The lowest BCUT2D eigenvalue weighted by Gasteiger charge is -2.33. The zero-order valence-electron chi connectivity index (χ0n) is 26.7. The first-order valence-corrected chi connectivity index (χ1v) is 16.5. The van der Waals surface area contributed by atoms with Gasteiger partial charge in [-0.3, -0.25) is 14.9 Å². The van der Waals surface area contributed by atoms with Crippen LogP contribution >= 0.6 is 31.9 Å². The molecule has 0 N–H and O–H groups in total. The molecule has 0 saturated carbocycles. The molecule has 18 heteroatoms. The maximum Gasteiger partial charge on any atom is 0.513 e. The molecule has 16 nitrogen and oxygen atoms in total. The van der Waals surface area contributed by atoms with E-state index in [1.807, 2.05) is 17.7 Å². The van der Waals surface area contributed by atoms with Gasteiger partial charge in [-0.15, -0.1) is 0 Å². The molecule has 1 aliphatic rings. The Kier molecular flexibility index (Phi) is 14.0. The number of hydrogen-bond donors (Lipinski definition) is 0. The van der Waals surface area contributed by atoms with E-state index < -0.39 is 41.5 Å². The van der Waals surface area contributed by atoms with Gasteiger partial charge < -0.3 is 47.2 Å². The van der Waals surface area contributed by atoms with Gasteiger partial charge >= 0.3 is 18.1 Å². The van der Waals surface area contributed by atoms with E-state index in [4.69, 9.17) is 42.6 Å². The number of carbonyl (C=O) groups is 3. The Labute approximate surface area is 297 Å². The molecule has 1 fully saturated rings. The summed E-state index contributed by atoms with van der Waals surface area (Å²) in [6.07, 6.45) is -1.27. The number of methoxy groups -OCH3 is 1. The maximum atomic E-state index is 12.2. The Morgan fingerprint density at radius 2 is 1.69 bits per heavy atom. The molecule has 2 heterocycles. The summed E-state index contributed by atoms with van der Waals surface area (Å²) in [5.41, 5.74) is 0.689. The maximum absolute atomic E-state index is 12.2. The molecule has 0 spiro atoms. The van der Waals surface area contributed by atoms with Gasteiger partial charge in [0.2, 0.25) is 6.29 Å². The van der Waals surface area contributed by atoms with Gasteiger partial charge in [0.1, 0.15) is 36.6 Å². The number of nitro groups is 1. The van der Waals surface area contributed by atoms with Crippen molar-refractivity contribution >= 4 is 66.5 Å². The van der Waals surface area contributed by atoms with Crippen LogP contribution in [0.3, 0.4) is 0 Å². The second-order valence-corrected chi connectivity index (χ2v) is 12.1. The number of esters is 2. The van der Waals surface area contributed by atoms with Crippen molar-refractivity contribution in [3.63, 3.8) is 0 Å². The largest absolute Gasteiger partial charge is 0.513 e. The first kappa shape index (κ1) is 37.8. The van der Waals surface area contributed by atoms with Gasteiger partial charge in [-0.1, -0.05) is 0 Å². The Morgan fingerprint density at radius 3 is 2.35 bits per heavy atom. The van der Waals surface area contributed by atoms with Gasteiger partial charge in [0.05, 0.1) is 58.3 Å². The Hall–Kier alpha value is -3.97. The predicted octanol–water partition coefficient (Wildman–Crippen LogP) is 5.23. The molecule has 0 amide bonds. The van der Waals surface area contributed by atoms with Crippen LogP contribution in [0.4, 0.5) is 10.5 Å². The summed E-state index contributed by atoms with van der Waals surface area (Å²) in [4.78, 5) is 45.7. The standard InChI is InChI=1S/C31H34Br2N2O14/c1-18(36)46-21-14-24(30(37)41-3)48-26(15-21)49-25-17-34(2)23-16-22(32)29(28(33)27(23)25)44-12-10-42-8-9-43-11-13-45-31(38)47-20-6-4-19(5-7-20)35(39)40/h4-7,16-17,21,24,26H,8-15H2,1-3H3/t21?,24-,26?/m0/s1. The molecular formula is C31H34Br2N2O14. The van der Waals surface area contributed by atoms with Gasteiger partial charge in [-0.2, -0.15) is 0 Å². The van der Waals surface area contributed by atoms with E-state index >= 15 is 0 Å². The average Bonchev–Trinajstić information content (AvgIpc) is 3.36. The molecular weight excluding hydrogens is 784 g/mol. The number of rotatable bonds is 16. The van der Waals surface area contributed by atoms with Crippen molar-refractivity contribution in [2.45, 2.75) is 38.3 Å². The van der Waals surface area contributed by atoms with Gasteiger partial charge in [0.25, 0.3) is 5.69 Å². The minimum atomic E-state index is -0.960. The summed E-state index contributed by atoms with van der Waals surface area (Å²) in [6, 6.07) is 6.89. The monoisotopic (exact) mass is 816 g/mol. The average molecular weight is 818 g/mol. The number of nitro benzene ring substituents is 1. The zero-order valence-corrected chi connectivity index (χ0v) is 29.9. The van der Waals surface area contributed by atoms with Gasteiger partial charge in [-0.05, 0) is 50.1 Å². The highest BCUT2D eigenvalue weighted by atomic mass is 79.9. The summed E-state index contributed by atoms with van der Waals surface area (Å²) in [5.74, 6) is 0.0151. The molecule has 1 saturated heterocycles. The molecule has 0 bridgehead atoms.